The van der Waals surface area contributed by atoms with Crippen LogP contribution in [-0.4, -0.2) is 6.61 Å². The van der Waals surface area contributed by atoms with Gasteiger partial charge in [-0.15, -0.1) is 0 Å². The fourth-order valence-corrected chi connectivity index (χ4v) is 1.60. The standard InChI is InChI=1S/C15H16FNO2/c1-2-10-18-13-8-5-9-14(15(13)17)19-12-7-4-3-6-11(12)16/h3-9H,2,10,17H2,1H3. The molecule has 0 aliphatic carbocycles. The highest BCUT2D eigenvalue weighted by Gasteiger charge is 2.10. The first-order chi connectivity index (χ1) is 9.22. The molecule has 0 saturated heterocycles. The highest BCUT2D eigenvalue weighted by atomic mass is 19.1. The average Bonchev–Trinajstić information content (AvgIpc) is 2.42. The predicted octanol–water partition coefficient (Wildman–Crippen LogP) is 3.99. The summed E-state index contributed by atoms with van der Waals surface area (Å²) in [5.41, 5.74) is 6.32. The van der Waals surface area contributed by atoms with Crippen LogP contribution in [0.5, 0.6) is 17.2 Å². The topological polar surface area (TPSA) is 44.5 Å². The smallest absolute Gasteiger partial charge is 0.165 e. The van der Waals surface area contributed by atoms with Gasteiger partial charge in [0, 0.05) is 0 Å². The quantitative estimate of drug-likeness (QED) is 0.828. The van der Waals surface area contributed by atoms with Crippen molar-refractivity contribution < 1.29 is 13.9 Å². The Morgan fingerprint density at radius 2 is 1.68 bits per heavy atom. The monoisotopic (exact) mass is 261 g/mol. The van der Waals surface area contributed by atoms with Crippen LogP contribution in [-0.2, 0) is 0 Å². The second kappa shape index (κ2) is 6.09. The Bertz CT molecular complexity index is 558. The Kier molecular flexibility index (Phi) is 4.23. The lowest BCUT2D eigenvalue weighted by molar-refractivity contribution is 0.317. The Labute approximate surface area is 111 Å². The van der Waals surface area contributed by atoms with Crippen LogP contribution in [0.1, 0.15) is 13.3 Å². The second-order valence-corrected chi connectivity index (χ2v) is 4.05. The zero-order chi connectivity index (χ0) is 13.7. The number of nitrogen functional groups attached to an aromatic ring is 1. The van der Waals surface area contributed by atoms with Crippen LogP contribution >= 0.6 is 0 Å². The second-order valence-electron chi connectivity index (χ2n) is 4.05. The van der Waals surface area contributed by atoms with Gasteiger partial charge < -0.3 is 15.2 Å². The molecule has 2 aromatic carbocycles. The number of para-hydroxylation sites is 2. The molecular weight excluding hydrogens is 245 g/mol. The summed E-state index contributed by atoms with van der Waals surface area (Å²) in [7, 11) is 0. The van der Waals surface area contributed by atoms with E-state index in [0.717, 1.165) is 6.42 Å². The Morgan fingerprint density at radius 1 is 1.00 bits per heavy atom. The molecule has 2 N–H and O–H groups in total. The van der Waals surface area contributed by atoms with E-state index in [9.17, 15) is 4.39 Å². The van der Waals surface area contributed by atoms with Crippen LogP contribution in [0.25, 0.3) is 0 Å². The summed E-state index contributed by atoms with van der Waals surface area (Å²) in [5.74, 6) is 0.651. The van der Waals surface area contributed by atoms with Crippen molar-refractivity contribution in [2.24, 2.45) is 0 Å². The number of hydrogen-bond donors (Lipinski definition) is 1. The lowest BCUT2D eigenvalue weighted by Gasteiger charge is -2.13. The van der Waals surface area contributed by atoms with E-state index in [4.69, 9.17) is 15.2 Å². The molecule has 0 fully saturated rings. The van der Waals surface area contributed by atoms with Gasteiger partial charge in [-0.25, -0.2) is 4.39 Å². The van der Waals surface area contributed by atoms with Gasteiger partial charge in [-0.05, 0) is 30.7 Å². The average molecular weight is 261 g/mol. The number of halogens is 1. The number of nitrogens with two attached hydrogens (primary N) is 1. The molecular formula is C15H16FNO2. The van der Waals surface area contributed by atoms with Crippen LogP contribution in [0, 0.1) is 5.82 Å². The number of hydrogen-bond acceptors (Lipinski definition) is 3. The van der Waals surface area contributed by atoms with Gasteiger partial charge in [0.15, 0.2) is 17.3 Å². The molecule has 3 nitrogen and oxygen atoms in total. The van der Waals surface area contributed by atoms with Crippen molar-refractivity contribution in [1.29, 1.82) is 0 Å². The molecule has 0 spiro atoms. The molecule has 0 heterocycles. The van der Waals surface area contributed by atoms with E-state index in [1.807, 2.05) is 6.92 Å². The Hall–Kier alpha value is -2.23. The van der Waals surface area contributed by atoms with E-state index in [0.29, 0.717) is 23.8 Å². The zero-order valence-corrected chi connectivity index (χ0v) is 10.7. The van der Waals surface area contributed by atoms with Gasteiger partial charge in [0.1, 0.15) is 11.4 Å². The maximum Gasteiger partial charge on any atom is 0.165 e. The third-order valence-corrected chi connectivity index (χ3v) is 2.54. The van der Waals surface area contributed by atoms with Crippen LogP contribution in [0.3, 0.4) is 0 Å². The van der Waals surface area contributed by atoms with Gasteiger partial charge in [0.2, 0.25) is 0 Å². The van der Waals surface area contributed by atoms with Crippen molar-refractivity contribution in [3.63, 3.8) is 0 Å². The molecule has 2 aromatic rings. The summed E-state index contributed by atoms with van der Waals surface area (Å²) in [6, 6.07) is 11.4. The van der Waals surface area contributed by atoms with Crippen LogP contribution in [0.4, 0.5) is 10.1 Å². The SMILES string of the molecule is CCCOc1cccc(Oc2ccccc2F)c1N. The highest BCUT2D eigenvalue weighted by Crippen LogP contribution is 2.35. The molecule has 0 aliphatic heterocycles. The summed E-state index contributed by atoms with van der Waals surface area (Å²) in [4.78, 5) is 0. The van der Waals surface area contributed by atoms with Crippen molar-refractivity contribution in [3.8, 4) is 17.2 Å². The van der Waals surface area contributed by atoms with Crippen LogP contribution in [0.15, 0.2) is 42.5 Å². The minimum absolute atomic E-state index is 0.141. The van der Waals surface area contributed by atoms with Gasteiger partial charge in [0.05, 0.1) is 6.61 Å². The molecule has 0 amide bonds. The first-order valence-corrected chi connectivity index (χ1v) is 6.16. The lowest BCUT2D eigenvalue weighted by Crippen LogP contribution is -2.00. The molecule has 0 aromatic heterocycles. The number of anilines is 1. The summed E-state index contributed by atoms with van der Waals surface area (Å²) in [6.07, 6.45) is 0.887. The van der Waals surface area contributed by atoms with Crippen molar-refractivity contribution in [2.75, 3.05) is 12.3 Å². The van der Waals surface area contributed by atoms with Gasteiger partial charge in [0.25, 0.3) is 0 Å². The molecule has 0 saturated carbocycles. The number of benzene rings is 2. The maximum absolute atomic E-state index is 13.5. The molecule has 0 aliphatic rings. The van der Waals surface area contributed by atoms with Crippen molar-refractivity contribution in [2.45, 2.75) is 13.3 Å². The normalized spacial score (nSPS) is 10.2. The van der Waals surface area contributed by atoms with E-state index in [1.54, 1.807) is 36.4 Å². The lowest BCUT2D eigenvalue weighted by atomic mass is 10.2. The van der Waals surface area contributed by atoms with Gasteiger partial charge in [-0.3, -0.25) is 0 Å². The fraction of sp³-hybridized carbons (Fsp3) is 0.200. The van der Waals surface area contributed by atoms with Crippen molar-refractivity contribution >= 4 is 5.69 Å². The van der Waals surface area contributed by atoms with E-state index in [-0.39, 0.29) is 5.75 Å². The van der Waals surface area contributed by atoms with Gasteiger partial charge in [-0.1, -0.05) is 25.1 Å². The van der Waals surface area contributed by atoms with Gasteiger partial charge >= 0.3 is 0 Å². The molecule has 0 atom stereocenters. The number of rotatable bonds is 5. The summed E-state index contributed by atoms with van der Waals surface area (Å²) >= 11 is 0. The van der Waals surface area contributed by atoms with E-state index >= 15 is 0 Å². The molecule has 2 rings (SSSR count). The van der Waals surface area contributed by atoms with Crippen molar-refractivity contribution in [1.82, 2.24) is 0 Å². The first-order valence-electron chi connectivity index (χ1n) is 6.16. The third kappa shape index (κ3) is 3.16. The highest BCUT2D eigenvalue weighted by molar-refractivity contribution is 5.63. The van der Waals surface area contributed by atoms with E-state index < -0.39 is 5.82 Å². The molecule has 0 bridgehead atoms. The third-order valence-electron chi connectivity index (χ3n) is 2.54. The summed E-state index contributed by atoms with van der Waals surface area (Å²) in [6.45, 7) is 2.59. The molecule has 100 valence electrons. The summed E-state index contributed by atoms with van der Waals surface area (Å²) < 4.78 is 24.5. The van der Waals surface area contributed by atoms with Crippen molar-refractivity contribution in [3.05, 3.63) is 48.3 Å². The minimum atomic E-state index is -0.429. The molecule has 0 unspecified atom stereocenters. The first kappa shape index (κ1) is 13.2. The molecule has 0 radical (unpaired) electrons. The number of ether oxygens (including phenoxy) is 2. The van der Waals surface area contributed by atoms with Gasteiger partial charge in [-0.2, -0.15) is 0 Å². The zero-order valence-electron chi connectivity index (χ0n) is 10.7. The summed E-state index contributed by atoms with van der Waals surface area (Å²) in [5, 5.41) is 0. The Morgan fingerprint density at radius 3 is 2.42 bits per heavy atom. The molecule has 4 heteroatoms. The van der Waals surface area contributed by atoms with E-state index in [1.165, 1.54) is 6.07 Å². The van der Waals surface area contributed by atoms with Crippen LogP contribution < -0.4 is 15.2 Å². The fourth-order valence-electron chi connectivity index (χ4n) is 1.60. The van der Waals surface area contributed by atoms with Crippen LogP contribution in [0.2, 0.25) is 0 Å². The Balaban J connectivity index is 2.23. The maximum atomic E-state index is 13.5. The predicted molar refractivity (Wildman–Crippen MR) is 73.1 cm³/mol. The minimum Gasteiger partial charge on any atom is -0.491 e. The van der Waals surface area contributed by atoms with E-state index in [2.05, 4.69) is 0 Å². The molecule has 19 heavy (non-hydrogen) atoms. The largest absolute Gasteiger partial charge is 0.491 e.